The van der Waals surface area contributed by atoms with Crippen LogP contribution in [0.25, 0.3) is 11.3 Å². The Morgan fingerprint density at radius 1 is 1.39 bits per heavy atom. The van der Waals surface area contributed by atoms with Crippen molar-refractivity contribution in [2.45, 2.75) is 13.3 Å². The average molecular weight is 264 g/mol. The largest absolute Gasteiger partial charge is 0.313 e. The minimum Gasteiger partial charge on any atom is -0.313 e. The van der Waals surface area contributed by atoms with E-state index in [1.165, 1.54) is 0 Å². The van der Waals surface area contributed by atoms with Crippen molar-refractivity contribution in [3.8, 4) is 11.3 Å². The fourth-order valence-electron chi connectivity index (χ4n) is 1.63. The number of benzene rings is 1. The summed E-state index contributed by atoms with van der Waals surface area (Å²) in [6.45, 7) is 1.80. The lowest BCUT2D eigenvalue weighted by atomic mass is 10.2. The number of amides is 1. The molecule has 0 bridgehead atoms. The summed E-state index contributed by atoms with van der Waals surface area (Å²) in [5, 5.41) is 3.44. The van der Waals surface area contributed by atoms with Gasteiger partial charge in [-0.05, 0) is 17.7 Å². The summed E-state index contributed by atoms with van der Waals surface area (Å²) in [5.74, 6) is 0.498. The fourth-order valence-corrected chi connectivity index (χ4v) is 1.75. The minimum absolute atomic E-state index is 0.0497. The van der Waals surface area contributed by atoms with Crippen LogP contribution in [0.15, 0.2) is 30.5 Å². The Morgan fingerprint density at radius 2 is 2.06 bits per heavy atom. The second-order valence-electron chi connectivity index (χ2n) is 3.93. The lowest BCUT2D eigenvalue weighted by Gasteiger charge is -2.06. The molecule has 0 radical (unpaired) electrons. The van der Waals surface area contributed by atoms with Crippen molar-refractivity contribution < 1.29 is 4.79 Å². The number of hydrogen-bond acceptors (Lipinski definition) is 2. The smallest absolute Gasteiger partial charge is 0.226 e. The highest BCUT2D eigenvalue weighted by atomic mass is 35.5. The molecule has 0 aliphatic rings. The van der Waals surface area contributed by atoms with Gasteiger partial charge in [-0.25, -0.2) is 4.98 Å². The van der Waals surface area contributed by atoms with Gasteiger partial charge in [0.25, 0.3) is 0 Å². The number of nitrogens with zero attached hydrogens (tertiary/aromatic N) is 2. The molecule has 0 fully saturated rings. The van der Waals surface area contributed by atoms with Crippen LogP contribution in [0.4, 0.5) is 5.95 Å². The normalized spacial score (nSPS) is 10.4. The molecule has 5 heteroatoms. The van der Waals surface area contributed by atoms with Crippen molar-refractivity contribution in [2.24, 2.45) is 7.05 Å². The quantitative estimate of drug-likeness (QED) is 0.925. The Morgan fingerprint density at radius 3 is 2.67 bits per heavy atom. The zero-order valence-electron chi connectivity index (χ0n) is 10.3. The van der Waals surface area contributed by atoms with Gasteiger partial charge >= 0.3 is 0 Å². The lowest BCUT2D eigenvalue weighted by molar-refractivity contribution is -0.115. The molecule has 18 heavy (non-hydrogen) atoms. The Kier molecular flexibility index (Phi) is 3.67. The second kappa shape index (κ2) is 5.23. The summed E-state index contributed by atoms with van der Waals surface area (Å²) in [6, 6.07) is 7.50. The van der Waals surface area contributed by atoms with Crippen LogP contribution in [-0.4, -0.2) is 15.5 Å². The lowest BCUT2D eigenvalue weighted by Crippen LogP contribution is -2.13. The molecule has 1 amide bonds. The number of carbonyl (C=O) groups excluding carboxylic acids is 1. The molecule has 1 aromatic heterocycles. The molecule has 1 heterocycles. The maximum Gasteiger partial charge on any atom is 0.226 e. The van der Waals surface area contributed by atoms with Gasteiger partial charge in [0.2, 0.25) is 11.9 Å². The zero-order chi connectivity index (χ0) is 13.1. The Hall–Kier alpha value is -1.81. The van der Waals surface area contributed by atoms with Crippen LogP contribution in [0.3, 0.4) is 0 Å². The zero-order valence-corrected chi connectivity index (χ0v) is 11.0. The topological polar surface area (TPSA) is 46.9 Å². The third kappa shape index (κ3) is 2.54. The van der Waals surface area contributed by atoms with Crippen LogP contribution >= 0.6 is 11.6 Å². The first kappa shape index (κ1) is 12.6. The van der Waals surface area contributed by atoms with Crippen LogP contribution in [-0.2, 0) is 11.8 Å². The maximum atomic E-state index is 11.3. The molecule has 0 aliphatic carbocycles. The van der Waals surface area contributed by atoms with Gasteiger partial charge < -0.3 is 4.57 Å². The van der Waals surface area contributed by atoms with Crippen LogP contribution in [0.1, 0.15) is 13.3 Å². The Bertz CT molecular complexity index is 560. The molecule has 0 spiro atoms. The number of imidazole rings is 1. The SMILES string of the molecule is CCC(=O)Nc1ncc(-c2ccc(Cl)cc2)n1C. The summed E-state index contributed by atoms with van der Waals surface area (Å²) in [6.07, 6.45) is 2.16. The number of halogens is 1. The molecule has 0 saturated heterocycles. The Labute approximate surface area is 111 Å². The molecule has 4 nitrogen and oxygen atoms in total. The van der Waals surface area contributed by atoms with Crippen molar-refractivity contribution in [3.63, 3.8) is 0 Å². The highest BCUT2D eigenvalue weighted by Crippen LogP contribution is 2.23. The Balaban J connectivity index is 2.30. The number of rotatable bonds is 3. The molecule has 2 aromatic rings. The number of anilines is 1. The average Bonchev–Trinajstić information content (AvgIpc) is 2.72. The first-order valence-corrected chi connectivity index (χ1v) is 6.07. The van der Waals surface area contributed by atoms with Crippen molar-refractivity contribution in [1.29, 1.82) is 0 Å². The van der Waals surface area contributed by atoms with Gasteiger partial charge in [-0.3, -0.25) is 10.1 Å². The summed E-state index contributed by atoms with van der Waals surface area (Å²) >= 11 is 5.85. The molecule has 94 valence electrons. The van der Waals surface area contributed by atoms with Crippen LogP contribution in [0.5, 0.6) is 0 Å². The monoisotopic (exact) mass is 263 g/mol. The van der Waals surface area contributed by atoms with Gasteiger partial charge in [0.15, 0.2) is 0 Å². The van der Waals surface area contributed by atoms with Crippen molar-refractivity contribution in [2.75, 3.05) is 5.32 Å². The van der Waals surface area contributed by atoms with E-state index in [-0.39, 0.29) is 5.91 Å². The molecule has 0 aliphatic heterocycles. The molecular formula is C13H14ClN3O. The van der Waals surface area contributed by atoms with Crippen LogP contribution in [0, 0.1) is 0 Å². The van der Waals surface area contributed by atoms with E-state index in [0.717, 1.165) is 11.3 Å². The van der Waals surface area contributed by atoms with Crippen molar-refractivity contribution in [1.82, 2.24) is 9.55 Å². The molecule has 0 unspecified atom stereocenters. The van der Waals surface area contributed by atoms with E-state index in [1.54, 1.807) is 13.1 Å². The van der Waals surface area contributed by atoms with Crippen molar-refractivity contribution >= 4 is 23.5 Å². The van der Waals surface area contributed by atoms with Gasteiger partial charge in [-0.2, -0.15) is 0 Å². The predicted molar refractivity (Wildman–Crippen MR) is 72.6 cm³/mol. The minimum atomic E-state index is -0.0497. The number of hydrogen-bond donors (Lipinski definition) is 1. The number of nitrogens with one attached hydrogen (secondary N) is 1. The van der Waals surface area contributed by atoms with Gasteiger partial charge in [-0.15, -0.1) is 0 Å². The highest BCUT2D eigenvalue weighted by molar-refractivity contribution is 6.30. The molecule has 1 N–H and O–H groups in total. The molecule has 1 aromatic carbocycles. The third-order valence-electron chi connectivity index (χ3n) is 2.70. The molecule has 0 atom stereocenters. The van der Waals surface area contributed by atoms with Gasteiger partial charge in [-0.1, -0.05) is 30.7 Å². The van der Waals surface area contributed by atoms with Gasteiger partial charge in [0, 0.05) is 18.5 Å². The van der Waals surface area contributed by atoms with Gasteiger partial charge in [0.05, 0.1) is 11.9 Å². The molecule has 2 rings (SSSR count). The fraction of sp³-hybridized carbons (Fsp3) is 0.231. The molecule has 0 saturated carbocycles. The first-order valence-electron chi connectivity index (χ1n) is 5.69. The summed E-state index contributed by atoms with van der Waals surface area (Å²) in [7, 11) is 1.86. The summed E-state index contributed by atoms with van der Waals surface area (Å²) < 4.78 is 1.84. The summed E-state index contributed by atoms with van der Waals surface area (Å²) in [5.41, 5.74) is 1.93. The van der Waals surface area contributed by atoms with Crippen LogP contribution in [0.2, 0.25) is 5.02 Å². The highest BCUT2D eigenvalue weighted by Gasteiger charge is 2.10. The van der Waals surface area contributed by atoms with E-state index < -0.39 is 0 Å². The summed E-state index contributed by atoms with van der Waals surface area (Å²) in [4.78, 5) is 15.5. The van der Waals surface area contributed by atoms with Crippen LogP contribution < -0.4 is 5.32 Å². The van der Waals surface area contributed by atoms with Gasteiger partial charge in [0.1, 0.15) is 0 Å². The predicted octanol–water partition coefficient (Wildman–Crippen LogP) is 3.09. The number of carbonyl (C=O) groups is 1. The van der Waals surface area contributed by atoms with E-state index in [1.807, 2.05) is 35.9 Å². The molecular weight excluding hydrogens is 250 g/mol. The van der Waals surface area contributed by atoms with E-state index >= 15 is 0 Å². The van der Waals surface area contributed by atoms with E-state index in [2.05, 4.69) is 10.3 Å². The first-order chi connectivity index (χ1) is 8.61. The third-order valence-corrected chi connectivity index (χ3v) is 2.95. The maximum absolute atomic E-state index is 11.3. The standard InChI is InChI=1S/C13H14ClN3O/c1-3-12(18)16-13-15-8-11(17(13)2)9-4-6-10(14)7-5-9/h4-8H,3H2,1-2H3,(H,15,16,18). The van der Waals surface area contributed by atoms with E-state index in [4.69, 9.17) is 11.6 Å². The number of aromatic nitrogens is 2. The van der Waals surface area contributed by atoms with Crippen molar-refractivity contribution in [3.05, 3.63) is 35.5 Å². The second-order valence-corrected chi connectivity index (χ2v) is 4.37. The van der Waals surface area contributed by atoms with E-state index in [0.29, 0.717) is 17.4 Å². The van der Waals surface area contributed by atoms with E-state index in [9.17, 15) is 4.79 Å².